The van der Waals surface area contributed by atoms with Crippen LogP contribution in [0, 0.1) is 5.41 Å². The second-order valence-electron chi connectivity index (χ2n) is 6.10. The highest BCUT2D eigenvalue weighted by Gasteiger charge is 2.30. The van der Waals surface area contributed by atoms with Crippen LogP contribution < -0.4 is 5.73 Å². The number of aromatic nitrogens is 4. The number of nitrogens with zero attached hydrogens (tertiary/aromatic N) is 3. The van der Waals surface area contributed by atoms with Gasteiger partial charge in [0.05, 0.1) is 0 Å². The smallest absolute Gasteiger partial charge is 0.276 e. The summed E-state index contributed by atoms with van der Waals surface area (Å²) < 4.78 is 5.28. The van der Waals surface area contributed by atoms with Gasteiger partial charge in [0.15, 0.2) is 5.82 Å². The number of nitrogen functional groups attached to an aromatic ring is 1. The minimum absolute atomic E-state index is 0.408. The predicted octanol–water partition coefficient (Wildman–Crippen LogP) is 2.73. The topological polar surface area (TPSA) is 93.6 Å². The van der Waals surface area contributed by atoms with E-state index >= 15 is 0 Å². The summed E-state index contributed by atoms with van der Waals surface area (Å²) in [6.07, 6.45) is 4.66. The van der Waals surface area contributed by atoms with Crippen LogP contribution >= 0.6 is 0 Å². The summed E-state index contributed by atoms with van der Waals surface area (Å²) >= 11 is 0. The molecular weight excluding hydrogens is 242 g/mol. The molecular formula is C13H19N5O. The van der Waals surface area contributed by atoms with E-state index in [0.717, 1.165) is 18.7 Å². The normalized spacial score (nSPS) is 19.7. The molecule has 102 valence electrons. The molecule has 2 aromatic heterocycles. The molecule has 6 nitrogen and oxygen atoms in total. The van der Waals surface area contributed by atoms with Crippen LogP contribution in [0.15, 0.2) is 10.6 Å². The Hall–Kier alpha value is -1.85. The maximum absolute atomic E-state index is 5.56. The van der Waals surface area contributed by atoms with Gasteiger partial charge >= 0.3 is 0 Å². The first-order chi connectivity index (χ1) is 9.03. The Labute approximate surface area is 111 Å². The molecule has 0 radical (unpaired) electrons. The lowest BCUT2D eigenvalue weighted by Gasteiger charge is -2.32. The quantitative estimate of drug-likeness (QED) is 0.866. The van der Waals surface area contributed by atoms with Crippen molar-refractivity contribution in [1.29, 1.82) is 0 Å². The van der Waals surface area contributed by atoms with Crippen molar-refractivity contribution in [1.82, 2.24) is 20.3 Å². The van der Waals surface area contributed by atoms with E-state index in [2.05, 4.69) is 34.2 Å². The number of rotatable bonds is 2. The second kappa shape index (κ2) is 4.36. The maximum atomic E-state index is 5.56. The Morgan fingerprint density at radius 2 is 2.11 bits per heavy atom. The molecule has 2 aromatic rings. The molecule has 0 bridgehead atoms. The Kier molecular flexibility index (Phi) is 2.80. The van der Waals surface area contributed by atoms with E-state index in [1.54, 1.807) is 6.07 Å². The first-order valence-electron chi connectivity index (χ1n) is 6.68. The third-order valence-electron chi connectivity index (χ3n) is 3.97. The molecule has 1 saturated carbocycles. The van der Waals surface area contributed by atoms with Gasteiger partial charge in [0.2, 0.25) is 0 Å². The first kappa shape index (κ1) is 12.2. The number of hydrogen-bond acceptors (Lipinski definition) is 5. The summed E-state index contributed by atoms with van der Waals surface area (Å²) in [7, 11) is 0. The minimum Gasteiger partial charge on any atom is -0.382 e. The lowest BCUT2D eigenvalue weighted by Crippen LogP contribution is -2.20. The van der Waals surface area contributed by atoms with Crippen LogP contribution in [0.5, 0.6) is 0 Å². The van der Waals surface area contributed by atoms with Gasteiger partial charge in [-0.15, -0.1) is 0 Å². The Morgan fingerprint density at radius 1 is 1.37 bits per heavy atom. The number of nitrogens with one attached hydrogen (secondary N) is 1. The largest absolute Gasteiger partial charge is 0.382 e. The van der Waals surface area contributed by atoms with Crippen molar-refractivity contribution >= 4 is 5.82 Å². The molecule has 19 heavy (non-hydrogen) atoms. The zero-order valence-electron chi connectivity index (χ0n) is 11.3. The molecule has 1 aliphatic rings. The SMILES string of the molecule is CC1(C)CCC(c2noc(-c3cc(N)n[nH]3)n2)CC1. The molecule has 0 spiro atoms. The Balaban J connectivity index is 1.75. The highest BCUT2D eigenvalue weighted by Crippen LogP contribution is 2.41. The van der Waals surface area contributed by atoms with Crippen molar-refractivity contribution in [3.63, 3.8) is 0 Å². The average Bonchev–Trinajstić information content (AvgIpc) is 2.97. The highest BCUT2D eigenvalue weighted by atomic mass is 16.5. The number of nitrogens with two attached hydrogens (primary N) is 1. The van der Waals surface area contributed by atoms with E-state index in [1.165, 1.54) is 12.8 Å². The summed E-state index contributed by atoms with van der Waals surface area (Å²) in [5.74, 6) is 2.10. The zero-order valence-corrected chi connectivity index (χ0v) is 11.3. The third kappa shape index (κ3) is 2.47. The van der Waals surface area contributed by atoms with Gasteiger partial charge in [-0.25, -0.2) is 0 Å². The summed E-state index contributed by atoms with van der Waals surface area (Å²) in [6.45, 7) is 4.64. The van der Waals surface area contributed by atoms with Gasteiger partial charge < -0.3 is 10.3 Å². The van der Waals surface area contributed by atoms with Crippen LogP contribution in [0.25, 0.3) is 11.6 Å². The van der Waals surface area contributed by atoms with Gasteiger partial charge in [-0.2, -0.15) is 10.1 Å². The fourth-order valence-corrected chi connectivity index (χ4v) is 2.61. The average molecular weight is 261 g/mol. The molecule has 0 amide bonds. The molecule has 6 heteroatoms. The molecule has 3 rings (SSSR count). The maximum Gasteiger partial charge on any atom is 0.276 e. The van der Waals surface area contributed by atoms with Gasteiger partial charge in [-0.1, -0.05) is 19.0 Å². The van der Waals surface area contributed by atoms with Gasteiger partial charge in [0.25, 0.3) is 5.89 Å². The van der Waals surface area contributed by atoms with Crippen LogP contribution in [0.1, 0.15) is 51.3 Å². The Bertz CT molecular complexity index is 561. The molecule has 1 fully saturated rings. The van der Waals surface area contributed by atoms with E-state index in [0.29, 0.717) is 28.7 Å². The molecule has 0 aliphatic heterocycles. The standard InChI is InChI=1S/C13H19N5O/c1-13(2)5-3-8(4-6-13)11-15-12(19-18-11)9-7-10(14)17-16-9/h7-8H,3-6H2,1-2H3,(H3,14,16,17). The molecule has 0 aromatic carbocycles. The molecule has 2 heterocycles. The van der Waals surface area contributed by atoms with Crippen LogP contribution in [-0.2, 0) is 0 Å². The Morgan fingerprint density at radius 3 is 2.74 bits per heavy atom. The summed E-state index contributed by atoms with van der Waals surface area (Å²) in [4.78, 5) is 4.46. The second-order valence-corrected chi connectivity index (χ2v) is 6.10. The molecule has 0 atom stereocenters. The van der Waals surface area contributed by atoms with Gasteiger partial charge in [0, 0.05) is 12.0 Å². The van der Waals surface area contributed by atoms with E-state index in [-0.39, 0.29) is 0 Å². The van der Waals surface area contributed by atoms with Crippen molar-refractivity contribution in [3.05, 3.63) is 11.9 Å². The number of anilines is 1. The summed E-state index contributed by atoms with van der Waals surface area (Å²) in [5, 5.41) is 10.7. The predicted molar refractivity (Wildman–Crippen MR) is 71.3 cm³/mol. The van der Waals surface area contributed by atoms with Crippen molar-refractivity contribution in [2.45, 2.75) is 45.4 Å². The fourth-order valence-electron chi connectivity index (χ4n) is 2.61. The molecule has 0 saturated heterocycles. The lowest BCUT2D eigenvalue weighted by molar-refractivity contribution is 0.218. The van der Waals surface area contributed by atoms with Gasteiger partial charge in [-0.05, 0) is 31.1 Å². The van der Waals surface area contributed by atoms with Crippen LogP contribution in [0.2, 0.25) is 0 Å². The summed E-state index contributed by atoms with van der Waals surface area (Å²) in [6, 6.07) is 1.70. The van der Waals surface area contributed by atoms with E-state index in [1.807, 2.05) is 0 Å². The monoisotopic (exact) mass is 261 g/mol. The van der Waals surface area contributed by atoms with Crippen LogP contribution in [0.4, 0.5) is 5.82 Å². The highest BCUT2D eigenvalue weighted by molar-refractivity contribution is 5.51. The summed E-state index contributed by atoms with van der Waals surface area (Å²) in [5.41, 5.74) is 6.68. The van der Waals surface area contributed by atoms with Gasteiger partial charge in [0.1, 0.15) is 11.5 Å². The van der Waals surface area contributed by atoms with Crippen molar-refractivity contribution in [2.75, 3.05) is 5.73 Å². The molecule has 0 unspecified atom stereocenters. The van der Waals surface area contributed by atoms with E-state index in [4.69, 9.17) is 10.3 Å². The fraction of sp³-hybridized carbons (Fsp3) is 0.615. The zero-order chi connectivity index (χ0) is 13.5. The number of hydrogen-bond donors (Lipinski definition) is 2. The van der Waals surface area contributed by atoms with Crippen molar-refractivity contribution in [2.24, 2.45) is 5.41 Å². The van der Waals surface area contributed by atoms with E-state index in [9.17, 15) is 0 Å². The first-order valence-corrected chi connectivity index (χ1v) is 6.68. The lowest BCUT2D eigenvalue weighted by atomic mass is 9.73. The van der Waals surface area contributed by atoms with Crippen LogP contribution in [-0.4, -0.2) is 20.3 Å². The third-order valence-corrected chi connectivity index (χ3v) is 3.97. The van der Waals surface area contributed by atoms with Crippen molar-refractivity contribution < 1.29 is 4.52 Å². The molecule has 3 N–H and O–H groups in total. The molecule has 1 aliphatic carbocycles. The van der Waals surface area contributed by atoms with Gasteiger partial charge in [-0.3, -0.25) is 5.10 Å². The minimum atomic E-state index is 0.408. The van der Waals surface area contributed by atoms with Crippen molar-refractivity contribution in [3.8, 4) is 11.6 Å². The van der Waals surface area contributed by atoms with E-state index < -0.39 is 0 Å². The van der Waals surface area contributed by atoms with Crippen LogP contribution in [0.3, 0.4) is 0 Å². The number of aromatic amines is 1. The number of H-pyrrole nitrogens is 1.